The van der Waals surface area contributed by atoms with Crippen LogP contribution >= 0.6 is 11.6 Å². The number of hydrogen-bond donors (Lipinski definition) is 1. The molecule has 1 atom stereocenters. The second-order valence-corrected chi connectivity index (χ2v) is 10.8. The third-order valence-electron chi connectivity index (χ3n) is 7.33. The number of anilines is 1. The first-order valence-corrected chi connectivity index (χ1v) is 13.4. The molecule has 2 N–H and O–H groups in total. The molecule has 3 aromatic heterocycles. The lowest BCUT2D eigenvalue weighted by Crippen LogP contribution is -2.50. The number of nitrogens with zero attached hydrogens (tertiary/aromatic N) is 6. The van der Waals surface area contributed by atoms with Crippen molar-refractivity contribution in [2.75, 3.05) is 4.90 Å². The number of aromatic nitrogens is 5. The molecule has 2 amide bonds. The summed E-state index contributed by atoms with van der Waals surface area (Å²) in [5.41, 5.74) is 5.86. The van der Waals surface area contributed by atoms with Crippen molar-refractivity contribution in [1.29, 1.82) is 0 Å². The lowest BCUT2D eigenvalue weighted by molar-refractivity contribution is -0.193. The molecule has 1 aliphatic heterocycles. The van der Waals surface area contributed by atoms with E-state index in [1.165, 1.54) is 24.5 Å². The maximum atomic E-state index is 14.8. The van der Waals surface area contributed by atoms with Crippen LogP contribution in [0.15, 0.2) is 36.8 Å². The predicted molar refractivity (Wildman–Crippen MR) is 142 cm³/mol. The maximum Gasteiger partial charge on any atom is 0.482 e. The van der Waals surface area contributed by atoms with Crippen LogP contribution in [-0.2, 0) is 17.8 Å². The monoisotopic (exact) mass is 621 g/mol. The molecule has 4 aromatic rings. The summed E-state index contributed by atoms with van der Waals surface area (Å²) >= 11 is 5.80. The number of amides is 2. The lowest BCUT2D eigenvalue weighted by atomic mass is 9.93. The van der Waals surface area contributed by atoms with Crippen molar-refractivity contribution in [2.24, 2.45) is 11.7 Å². The van der Waals surface area contributed by atoms with Crippen LogP contribution in [0.5, 0.6) is 5.75 Å². The second-order valence-electron chi connectivity index (χ2n) is 10.4. The van der Waals surface area contributed by atoms with Gasteiger partial charge in [0.15, 0.2) is 11.4 Å². The number of alkyl halides is 5. The van der Waals surface area contributed by atoms with E-state index >= 15 is 0 Å². The first-order chi connectivity index (χ1) is 20.2. The van der Waals surface area contributed by atoms with Gasteiger partial charge in [0.2, 0.25) is 0 Å². The summed E-state index contributed by atoms with van der Waals surface area (Å²) in [4.78, 5) is 38.5. The number of rotatable bonds is 7. The van der Waals surface area contributed by atoms with Gasteiger partial charge >= 0.3 is 18.2 Å². The minimum Gasteiger partial charge on any atom is -0.423 e. The van der Waals surface area contributed by atoms with Gasteiger partial charge in [-0.05, 0) is 49.8 Å². The number of pyridine rings is 1. The van der Waals surface area contributed by atoms with E-state index in [4.69, 9.17) is 22.1 Å². The molecule has 43 heavy (non-hydrogen) atoms. The Morgan fingerprint density at radius 2 is 1.91 bits per heavy atom. The Kier molecular flexibility index (Phi) is 6.75. The van der Waals surface area contributed by atoms with Crippen LogP contribution in [0.3, 0.4) is 0 Å². The van der Waals surface area contributed by atoms with E-state index in [0.717, 1.165) is 36.9 Å². The van der Waals surface area contributed by atoms with Gasteiger partial charge in [-0.2, -0.15) is 27.1 Å². The predicted octanol–water partition coefficient (Wildman–Crippen LogP) is 5.23. The second kappa shape index (κ2) is 10.1. The molecule has 1 saturated carbocycles. The number of ether oxygens (including phenoxy) is 1. The summed E-state index contributed by atoms with van der Waals surface area (Å²) in [5.74, 6) is -2.82. The van der Waals surface area contributed by atoms with Gasteiger partial charge in [0.25, 0.3) is 5.91 Å². The molecular weight excluding hydrogens is 601 g/mol. The van der Waals surface area contributed by atoms with E-state index in [1.54, 1.807) is 0 Å². The van der Waals surface area contributed by atoms with Gasteiger partial charge in [0.05, 0.1) is 34.7 Å². The van der Waals surface area contributed by atoms with Crippen molar-refractivity contribution in [2.45, 2.75) is 51.1 Å². The molecule has 0 radical (unpaired) electrons. The summed E-state index contributed by atoms with van der Waals surface area (Å²) in [7, 11) is 0. The van der Waals surface area contributed by atoms with Crippen molar-refractivity contribution in [1.82, 2.24) is 24.7 Å². The quantitative estimate of drug-likeness (QED) is 0.280. The van der Waals surface area contributed by atoms with E-state index in [-0.39, 0.29) is 62.3 Å². The number of hydrogen-bond acceptors (Lipinski definition) is 7. The standard InChI is InChI=1S/C27H21ClF5N7O3/c1-12(26(29,30)31)40-24-16(10-37-40)21(22(23(34)41)17(38-24)6-13-2-3-13)14-4-5-18-19(7-14)43-27(32,33)25(42)39(18)11-20-35-8-15(28)9-36-20/h4-5,7-10,12-13H,2-3,6,11H2,1H3,(H2,34,41)/t12-/m1/s1. The molecule has 1 aliphatic carbocycles. The number of fused-ring (bicyclic) bond motifs is 2. The van der Waals surface area contributed by atoms with Crippen LogP contribution < -0.4 is 15.4 Å². The molecule has 1 aromatic carbocycles. The van der Waals surface area contributed by atoms with Crippen LogP contribution in [0, 0.1) is 5.92 Å². The lowest BCUT2D eigenvalue weighted by Gasteiger charge is -2.33. The van der Waals surface area contributed by atoms with Crippen LogP contribution in [0.2, 0.25) is 5.02 Å². The SMILES string of the molecule is C[C@@H](n1ncc2c(-c3ccc4c(c3)OC(F)(F)C(=O)N4Cc3ncc(Cl)cn3)c(C(N)=O)c(CC3CC3)nc21)C(F)(F)F. The fraction of sp³-hybridized carbons (Fsp3) is 0.333. The Hall–Kier alpha value is -4.40. The van der Waals surface area contributed by atoms with Crippen molar-refractivity contribution >= 4 is 40.1 Å². The topological polar surface area (TPSA) is 129 Å². The normalized spacial score (nSPS) is 17.1. The zero-order valence-electron chi connectivity index (χ0n) is 22.2. The fourth-order valence-electron chi connectivity index (χ4n) is 4.98. The highest BCUT2D eigenvalue weighted by atomic mass is 35.5. The highest BCUT2D eigenvalue weighted by molar-refractivity contribution is 6.30. The van der Waals surface area contributed by atoms with Gasteiger partial charge in [-0.3, -0.25) is 14.5 Å². The van der Waals surface area contributed by atoms with Crippen LogP contribution in [0.1, 0.15) is 47.7 Å². The minimum absolute atomic E-state index is 0.0215. The van der Waals surface area contributed by atoms with Crippen LogP contribution in [0.4, 0.5) is 27.6 Å². The number of carbonyl (C=O) groups is 2. The average molecular weight is 622 g/mol. The Morgan fingerprint density at radius 1 is 1.21 bits per heavy atom. The highest BCUT2D eigenvalue weighted by Gasteiger charge is 2.51. The summed E-state index contributed by atoms with van der Waals surface area (Å²) in [6.07, 6.45) is -3.36. The molecule has 10 nitrogen and oxygen atoms in total. The summed E-state index contributed by atoms with van der Waals surface area (Å²) in [6.45, 7) is 0.474. The number of nitrogens with two attached hydrogens (primary N) is 1. The molecule has 2 aliphatic rings. The van der Waals surface area contributed by atoms with Gasteiger partial charge in [0.1, 0.15) is 11.9 Å². The van der Waals surface area contributed by atoms with Gasteiger partial charge in [-0.15, -0.1) is 0 Å². The molecule has 0 saturated heterocycles. The zero-order chi connectivity index (χ0) is 30.8. The van der Waals surface area contributed by atoms with Gasteiger partial charge < -0.3 is 10.5 Å². The van der Waals surface area contributed by atoms with Crippen LogP contribution in [-0.4, -0.2) is 48.8 Å². The van der Waals surface area contributed by atoms with E-state index in [1.807, 2.05) is 0 Å². The molecule has 16 heteroatoms. The molecule has 224 valence electrons. The summed E-state index contributed by atoms with van der Waals surface area (Å²) in [6, 6.07) is 1.84. The Balaban J connectivity index is 1.54. The molecule has 1 fully saturated rings. The Morgan fingerprint density at radius 3 is 2.53 bits per heavy atom. The molecular formula is C27H21ClF5N7O3. The van der Waals surface area contributed by atoms with E-state index < -0.39 is 42.4 Å². The van der Waals surface area contributed by atoms with Gasteiger partial charge in [0, 0.05) is 23.3 Å². The Bertz CT molecular complexity index is 1770. The summed E-state index contributed by atoms with van der Waals surface area (Å²) in [5, 5.41) is 4.18. The van der Waals surface area contributed by atoms with Crippen molar-refractivity contribution in [3.05, 3.63) is 58.9 Å². The molecule has 4 heterocycles. The zero-order valence-corrected chi connectivity index (χ0v) is 23.0. The fourth-order valence-corrected chi connectivity index (χ4v) is 5.08. The number of halogens is 6. The average Bonchev–Trinajstić information content (AvgIpc) is 3.65. The van der Waals surface area contributed by atoms with Crippen molar-refractivity contribution < 1.29 is 36.3 Å². The summed E-state index contributed by atoms with van der Waals surface area (Å²) < 4.78 is 76.3. The number of benzene rings is 1. The van der Waals surface area contributed by atoms with Crippen LogP contribution in [0.25, 0.3) is 22.2 Å². The van der Waals surface area contributed by atoms with Gasteiger partial charge in [-0.25, -0.2) is 19.6 Å². The number of carbonyl (C=O) groups excluding carboxylic acids is 2. The maximum absolute atomic E-state index is 14.8. The van der Waals surface area contributed by atoms with E-state index in [0.29, 0.717) is 4.68 Å². The Labute approximate surface area is 244 Å². The first-order valence-electron chi connectivity index (χ1n) is 13.0. The van der Waals surface area contributed by atoms with E-state index in [2.05, 4.69) is 20.1 Å². The van der Waals surface area contributed by atoms with Crippen molar-refractivity contribution in [3.63, 3.8) is 0 Å². The molecule has 0 unspecified atom stereocenters. The third kappa shape index (κ3) is 5.21. The molecule has 6 rings (SSSR count). The minimum atomic E-state index is -4.66. The smallest absolute Gasteiger partial charge is 0.423 e. The molecule has 0 spiro atoms. The third-order valence-corrected chi connectivity index (χ3v) is 7.52. The largest absolute Gasteiger partial charge is 0.482 e. The van der Waals surface area contributed by atoms with Gasteiger partial charge in [-0.1, -0.05) is 17.7 Å². The first kappa shape index (κ1) is 28.7. The highest BCUT2D eigenvalue weighted by Crippen LogP contribution is 2.45. The number of primary amides is 1. The molecule has 0 bridgehead atoms. The van der Waals surface area contributed by atoms with Crippen molar-refractivity contribution in [3.8, 4) is 16.9 Å². The van der Waals surface area contributed by atoms with E-state index in [9.17, 15) is 31.5 Å².